The van der Waals surface area contributed by atoms with Crippen LogP contribution in [-0.4, -0.2) is 51.2 Å². The molecule has 1 aliphatic heterocycles. The first-order valence-corrected chi connectivity index (χ1v) is 9.82. The average Bonchev–Trinajstić information content (AvgIpc) is 3.07. The zero-order valence-corrected chi connectivity index (χ0v) is 16.9. The Morgan fingerprint density at radius 3 is 2.70 bits per heavy atom. The number of nitrogens with one attached hydrogen (secondary N) is 2. The fraction of sp³-hybridized carbons (Fsp3) is 0.333. The monoisotopic (exact) mass is 408 g/mol. The van der Waals surface area contributed by atoms with E-state index in [0.29, 0.717) is 43.1 Å². The number of rotatable bonds is 4. The van der Waals surface area contributed by atoms with Crippen LogP contribution in [0.15, 0.2) is 42.6 Å². The lowest BCUT2D eigenvalue weighted by Crippen LogP contribution is -2.30. The second-order valence-corrected chi connectivity index (χ2v) is 7.78. The van der Waals surface area contributed by atoms with E-state index in [2.05, 4.69) is 20.7 Å². The lowest BCUT2D eigenvalue weighted by molar-refractivity contribution is -0.120. The van der Waals surface area contributed by atoms with Crippen LogP contribution in [0.3, 0.4) is 0 Å². The van der Waals surface area contributed by atoms with Gasteiger partial charge in [-0.1, -0.05) is 12.1 Å². The van der Waals surface area contributed by atoms with Gasteiger partial charge in [0, 0.05) is 43.8 Å². The minimum atomic E-state index is -0.970. The second kappa shape index (κ2) is 7.75. The van der Waals surface area contributed by atoms with Gasteiger partial charge in [-0.05, 0) is 31.5 Å². The van der Waals surface area contributed by atoms with Gasteiger partial charge in [-0.2, -0.15) is 9.61 Å². The number of benzene rings is 1. The summed E-state index contributed by atoms with van der Waals surface area (Å²) in [6.45, 7) is 5.12. The largest absolute Gasteiger partial charge is 0.386 e. The maximum atomic E-state index is 12.7. The van der Waals surface area contributed by atoms with E-state index in [9.17, 15) is 14.7 Å². The molecule has 0 bridgehead atoms. The topological polar surface area (TPSA) is 112 Å². The van der Waals surface area contributed by atoms with Crippen molar-refractivity contribution in [2.24, 2.45) is 0 Å². The first kappa shape index (κ1) is 19.8. The number of aliphatic hydroxyl groups is 1. The molecule has 9 heteroatoms. The number of carbonyl (C=O) groups is 2. The zero-order valence-electron chi connectivity index (χ0n) is 16.9. The molecule has 3 aromatic rings. The van der Waals surface area contributed by atoms with E-state index >= 15 is 0 Å². The van der Waals surface area contributed by atoms with E-state index in [1.165, 1.54) is 0 Å². The molecule has 4 rings (SSSR count). The van der Waals surface area contributed by atoms with Gasteiger partial charge in [0.05, 0.1) is 11.8 Å². The molecule has 0 radical (unpaired) electrons. The van der Waals surface area contributed by atoms with Crippen LogP contribution in [0, 0.1) is 0 Å². The Labute approximate surface area is 173 Å². The van der Waals surface area contributed by atoms with Gasteiger partial charge in [0.1, 0.15) is 11.6 Å². The molecular formula is C21H24N6O3. The summed E-state index contributed by atoms with van der Waals surface area (Å²) in [6, 6.07) is 10.3. The molecule has 0 saturated carbocycles. The summed E-state index contributed by atoms with van der Waals surface area (Å²) in [5, 5.41) is 20.1. The Morgan fingerprint density at radius 1 is 1.20 bits per heavy atom. The van der Waals surface area contributed by atoms with E-state index in [1.54, 1.807) is 61.0 Å². The molecule has 156 valence electrons. The Morgan fingerprint density at radius 2 is 1.97 bits per heavy atom. The van der Waals surface area contributed by atoms with Gasteiger partial charge in [-0.3, -0.25) is 9.59 Å². The van der Waals surface area contributed by atoms with Crippen molar-refractivity contribution < 1.29 is 14.7 Å². The standard InChI is InChI=1S/C21H24N6O3/c1-21(2,30)15-5-3-14(4-6-15)20(29)25-16-13-19(27-17(24-16)7-9-23-27)26-11-8-18(28)22-10-12-26/h3-7,9,13,30H,8,10-12H2,1-2H3,(H,22,28)(H,24,25,29). The molecule has 3 N–H and O–H groups in total. The molecule has 30 heavy (non-hydrogen) atoms. The van der Waals surface area contributed by atoms with Gasteiger partial charge < -0.3 is 20.6 Å². The molecule has 9 nitrogen and oxygen atoms in total. The van der Waals surface area contributed by atoms with E-state index in [4.69, 9.17) is 0 Å². The predicted octanol–water partition coefficient (Wildman–Crippen LogP) is 1.54. The van der Waals surface area contributed by atoms with Crippen LogP contribution < -0.4 is 15.5 Å². The van der Waals surface area contributed by atoms with E-state index in [-0.39, 0.29) is 11.8 Å². The van der Waals surface area contributed by atoms with Crippen molar-refractivity contribution in [2.45, 2.75) is 25.9 Å². The van der Waals surface area contributed by atoms with Crippen molar-refractivity contribution in [2.75, 3.05) is 29.9 Å². The summed E-state index contributed by atoms with van der Waals surface area (Å²) in [6.07, 6.45) is 2.04. The van der Waals surface area contributed by atoms with Crippen molar-refractivity contribution in [3.8, 4) is 0 Å². The molecule has 2 aromatic heterocycles. The van der Waals surface area contributed by atoms with Gasteiger partial charge in [-0.25, -0.2) is 4.98 Å². The summed E-state index contributed by atoms with van der Waals surface area (Å²) in [5.41, 5.74) is 0.819. The third-order valence-corrected chi connectivity index (χ3v) is 5.07. The SMILES string of the molecule is CC(C)(O)c1ccc(C(=O)Nc2cc(N3CCNC(=O)CC3)n3nccc3n2)cc1. The van der Waals surface area contributed by atoms with Crippen LogP contribution >= 0.6 is 0 Å². The Bertz CT molecular complexity index is 1080. The lowest BCUT2D eigenvalue weighted by atomic mass is 9.97. The van der Waals surface area contributed by atoms with Crippen LogP contribution in [-0.2, 0) is 10.4 Å². The van der Waals surface area contributed by atoms with Crippen molar-refractivity contribution in [3.05, 3.63) is 53.7 Å². The highest BCUT2D eigenvalue weighted by Gasteiger charge is 2.20. The van der Waals surface area contributed by atoms with Gasteiger partial charge in [0.15, 0.2) is 5.65 Å². The van der Waals surface area contributed by atoms with E-state index in [1.807, 2.05) is 4.90 Å². The van der Waals surface area contributed by atoms with Gasteiger partial charge in [0.2, 0.25) is 5.91 Å². The maximum absolute atomic E-state index is 12.7. The number of anilines is 2. The second-order valence-electron chi connectivity index (χ2n) is 7.78. The molecule has 0 aliphatic carbocycles. The number of amides is 2. The Kier molecular flexibility index (Phi) is 5.13. The molecule has 0 atom stereocenters. The summed E-state index contributed by atoms with van der Waals surface area (Å²) in [7, 11) is 0. The van der Waals surface area contributed by atoms with Crippen LogP contribution in [0.2, 0.25) is 0 Å². The average molecular weight is 408 g/mol. The van der Waals surface area contributed by atoms with Gasteiger partial charge in [-0.15, -0.1) is 0 Å². The molecule has 3 heterocycles. The quantitative estimate of drug-likeness (QED) is 0.604. The molecule has 1 aromatic carbocycles. The lowest BCUT2D eigenvalue weighted by Gasteiger charge is -2.23. The third-order valence-electron chi connectivity index (χ3n) is 5.07. The summed E-state index contributed by atoms with van der Waals surface area (Å²) >= 11 is 0. The minimum Gasteiger partial charge on any atom is -0.386 e. The normalized spacial score (nSPS) is 15.0. The number of hydrogen-bond acceptors (Lipinski definition) is 6. The first-order chi connectivity index (χ1) is 14.3. The van der Waals surface area contributed by atoms with Gasteiger partial charge >= 0.3 is 0 Å². The van der Waals surface area contributed by atoms with Crippen LogP contribution in [0.4, 0.5) is 11.6 Å². The fourth-order valence-corrected chi connectivity index (χ4v) is 3.40. The number of hydrogen-bond donors (Lipinski definition) is 3. The summed E-state index contributed by atoms with van der Waals surface area (Å²) in [5.74, 6) is 0.880. The third kappa shape index (κ3) is 4.11. The number of nitrogens with zero attached hydrogens (tertiary/aromatic N) is 4. The van der Waals surface area contributed by atoms with E-state index < -0.39 is 5.60 Å². The highest BCUT2D eigenvalue weighted by molar-refractivity contribution is 6.04. The highest BCUT2D eigenvalue weighted by Crippen LogP contribution is 2.23. The number of fused-ring (bicyclic) bond motifs is 1. The molecule has 1 fully saturated rings. The molecule has 1 saturated heterocycles. The molecule has 1 aliphatic rings. The fourth-order valence-electron chi connectivity index (χ4n) is 3.40. The van der Waals surface area contributed by atoms with Crippen LogP contribution in [0.25, 0.3) is 5.65 Å². The van der Waals surface area contributed by atoms with Crippen LogP contribution in [0.1, 0.15) is 36.2 Å². The summed E-state index contributed by atoms with van der Waals surface area (Å²) in [4.78, 5) is 30.9. The van der Waals surface area contributed by atoms with Crippen molar-refractivity contribution in [3.63, 3.8) is 0 Å². The highest BCUT2D eigenvalue weighted by atomic mass is 16.3. The zero-order chi connectivity index (χ0) is 21.3. The van der Waals surface area contributed by atoms with Crippen LogP contribution in [0.5, 0.6) is 0 Å². The molecular weight excluding hydrogens is 384 g/mol. The maximum Gasteiger partial charge on any atom is 0.256 e. The van der Waals surface area contributed by atoms with Crippen molar-refractivity contribution in [1.82, 2.24) is 19.9 Å². The molecule has 2 amide bonds. The van der Waals surface area contributed by atoms with Crippen molar-refractivity contribution >= 4 is 29.1 Å². The van der Waals surface area contributed by atoms with Crippen molar-refractivity contribution in [1.29, 1.82) is 0 Å². The minimum absolute atomic E-state index is 0.0197. The van der Waals surface area contributed by atoms with E-state index in [0.717, 1.165) is 11.4 Å². The smallest absolute Gasteiger partial charge is 0.256 e. The van der Waals surface area contributed by atoms with Gasteiger partial charge in [0.25, 0.3) is 5.91 Å². The Balaban J connectivity index is 1.60. The predicted molar refractivity (Wildman–Crippen MR) is 112 cm³/mol. The molecule has 0 spiro atoms. The number of aromatic nitrogens is 3. The molecule has 0 unspecified atom stereocenters. The summed E-state index contributed by atoms with van der Waals surface area (Å²) < 4.78 is 1.70. The Hall–Kier alpha value is -3.46. The first-order valence-electron chi connectivity index (χ1n) is 9.82. The number of carbonyl (C=O) groups excluding carboxylic acids is 2.